The average molecular weight is 522 g/mol. The highest BCUT2D eigenvalue weighted by molar-refractivity contribution is 7.09. The van der Waals surface area contributed by atoms with Gasteiger partial charge in [0, 0.05) is 17.1 Å². The third-order valence-corrected chi connectivity index (χ3v) is 7.40. The van der Waals surface area contributed by atoms with Gasteiger partial charge in [0.25, 0.3) is 5.91 Å². The van der Waals surface area contributed by atoms with Crippen LogP contribution in [-0.2, 0) is 18.1 Å². The van der Waals surface area contributed by atoms with Crippen molar-refractivity contribution in [3.63, 3.8) is 0 Å². The Balaban J connectivity index is 1.71. The van der Waals surface area contributed by atoms with Gasteiger partial charge in [-0.25, -0.2) is 0 Å². The molecule has 10 heteroatoms. The second-order valence-electron chi connectivity index (χ2n) is 9.92. The Hall–Kier alpha value is -2.85. The molecule has 1 aliphatic rings. The number of nitrogens with one attached hydrogen (secondary N) is 1. The summed E-state index contributed by atoms with van der Waals surface area (Å²) in [5.41, 5.74) is -1.34. The summed E-state index contributed by atoms with van der Waals surface area (Å²) in [6, 6.07) is 6.63. The van der Waals surface area contributed by atoms with Crippen LogP contribution in [0, 0.1) is 0 Å². The van der Waals surface area contributed by atoms with Gasteiger partial charge in [-0.2, -0.15) is 18.2 Å². The molecule has 2 aromatic heterocycles. The minimum Gasteiger partial charge on any atom is -0.491 e. The maximum atomic E-state index is 13.5. The first-order valence-corrected chi connectivity index (χ1v) is 12.7. The molecule has 1 aliphatic heterocycles. The highest BCUT2D eigenvalue weighted by Crippen LogP contribution is 2.33. The number of carbonyl (C=O) groups is 1. The van der Waals surface area contributed by atoms with Gasteiger partial charge in [-0.15, -0.1) is 11.3 Å². The van der Waals surface area contributed by atoms with E-state index in [1.807, 2.05) is 33.0 Å². The van der Waals surface area contributed by atoms with Crippen LogP contribution in [0.2, 0.25) is 0 Å². The number of alkyl halides is 3. The average Bonchev–Trinajstić information content (AvgIpc) is 3.48. The Morgan fingerprint density at radius 1 is 1.25 bits per heavy atom. The number of hydrogen-bond donors (Lipinski definition) is 1. The minimum absolute atomic E-state index is 0.0861. The minimum atomic E-state index is -4.60. The quantitative estimate of drug-likeness (QED) is 0.447. The van der Waals surface area contributed by atoms with Gasteiger partial charge in [-0.05, 0) is 55.1 Å². The highest BCUT2D eigenvalue weighted by Gasteiger charge is 2.32. The van der Waals surface area contributed by atoms with E-state index in [0.717, 1.165) is 42.8 Å². The van der Waals surface area contributed by atoms with Gasteiger partial charge >= 0.3 is 6.18 Å². The molecule has 0 bridgehead atoms. The Kier molecular flexibility index (Phi) is 7.75. The van der Waals surface area contributed by atoms with Crippen LogP contribution in [-0.4, -0.2) is 29.7 Å². The van der Waals surface area contributed by atoms with Crippen molar-refractivity contribution in [2.24, 2.45) is 4.99 Å². The van der Waals surface area contributed by atoms with E-state index in [1.54, 1.807) is 16.9 Å². The fourth-order valence-corrected chi connectivity index (χ4v) is 4.95. The van der Waals surface area contributed by atoms with Crippen molar-refractivity contribution < 1.29 is 27.1 Å². The monoisotopic (exact) mass is 521 g/mol. The molecule has 1 saturated heterocycles. The van der Waals surface area contributed by atoms with Crippen molar-refractivity contribution in [2.45, 2.75) is 64.2 Å². The Labute approximate surface area is 211 Å². The van der Waals surface area contributed by atoms with Crippen LogP contribution in [0.5, 0.6) is 5.75 Å². The van der Waals surface area contributed by atoms with Crippen LogP contribution in [0.4, 0.5) is 13.2 Å². The standard InChI is InChI=1S/C26H30F3N3O3S/c1-25(2,3)22-15-32(14-19-8-6-12-34-19)24(36-22)31-23(33)20-13-17(26(27,28)29)9-10-21(20)35-16-18-7-4-5-11-30-18/h6,8-10,12-13,15,18,30H,4-5,7,11,14,16H2,1-3H3/b31-24-/t18-/m1/s1. The zero-order chi connectivity index (χ0) is 25.9. The molecule has 3 heterocycles. The maximum Gasteiger partial charge on any atom is 0.416 e. The van der Waals surface area contributed by atoms with E-state index in [1.165, 1.54) is 17.4 Å². The van der Waals surface area contributed by atoms with Gasteiger partial charge < -0.3 is 19.0 Å². The molecular formula is C26H30F3N3O3S. The fraction of sp³-hybridized carbons (Fsp3) is 0.462. The molecule has 36 heavy (non-hydrogen) atoms. The zero-order valence-electron chi connectivity index (χ0n) is 20.5. The van der Waals surface area contributed by atoms with E-state index in [2.05, 4.69) is 10.3 Å². The molecule has 0 unspecified atom stereocenters. The molecule has 0 aliphatic carbocycles. The van der Waals surface area contributed by atoms with Gasteiger partial charge in [0.15, 0.2) is 4.80 Å². The van der Waals surface area contributed by atoms with Crippen molar-refractivity contribution in [3.05, 3.63) is 69.4 Å². The summed E-state index contributed by atoms with van der Waals surface area (Å²) in [6.07, 6.45) is 1.90. The van der Waals surface area contributed by atoms with E-state index < -0.39 is 17.6 Å². The van der Waals surface area contributed by atoms with Crippen molar-refractivity contribution in [1.29, 1.82) is 0 Å². The van der Waals surface area contributed by atoms with Crippen LogP contribution in [0.15, 0.2) is 52.2 Å². The number of halogens is 3. The first-order valence-electron chi connectivity index (χ1n) is 11.9. The van der Waals surface area contributed by atoms with Crippen molar-refractivity contribution >= 4 is 17.2 Å². The molecule has 0 spiro atoms. The molecule has 1 fully saturated rings. The molecular weight excluding hydrogens is 491 g/mol. The Morgan fingerprint density at radius 3 is 2.69 bits per heavy atom. The Morgan fingerprint density at radius 2 is 2.06 bits per heavy atom. The number of ether oxygens (including phenoxy) is 1. The summed E-state index contributed by atoms with van der Waals surface area (Å²) in [7, 11) is 0. The number of benzene rings is 1. The summed E-state index contributed by atoms with van der Waals surface area (Å²) in [4.78, 5) is 18.9. The summed E-state index contributed by atoms with van der Waals surface area (Å²) in [5, 5.41) is 3.33. The van der Waals surface area contributed by atoms with E-state index in [-0.39, 0.29) is 29.4 Å². The predicted octanol–water partition coefficient (Wildman–Crippen LogP) is 5.77. The van der Waals surface area contributed by atoms with E-state index in [0.29, 0.717) is 17.1 Å². The van der Waals surface area contributed by atoms with E-state index in [4.69, 9.17) is 9.15 Å². The van der Waals surface area contributed by atoms with Crippen molar-refractivity contribution in [2.75, 3.05) is 13.2 Å². The first kappa shape index (κ1) is 26.2. The molecule has 1 aromatic carbocycles. The zero-order valence-corrected chi connectivity index (χ0v) is 21.3. The molecule has 0 radical (unpaired) electrons. The third kappa shape index (κ3) is 6.47. The van der Waals surface area contributed by atoms with Gasteiger partial charge in [0.2, 0.25) is 0 Å². The van der Waals surface area contributed by atoms with Crippen molar-refractivity contribution in [3.8, 4) is 5.75 Å². The number of thiazole rings is 1. The van der Waals surface area contributed by atoms with Gasteiger partial charge in [0.05, 0.1) is 23.9 Å². The highest BCUT2D eigenvalue weighted by atomic mass is 32.1. The lowest BCUT2D eigenvalue weighted by atomic mass is 9.95. The molecule has 1 N–H and O–H groups in total. The number of nitrogens with zero attached hydrogens (tertiary/aromatic N) is 2. The van der Waals surface area contributed by atoms with Crippen molar-refractivity contribution in [1.82, 2.24) is 9.88 Å². The summed E-state index contributed by atoms with van der Waals surface area (Å²) in [6.45, 7) is 7.59. The molecule has 4 rings (SSSR count). The number of furan rings is 1. The number of amides is 1. The second-order valence-corrected chi connectivity index (χ2v) is 10.9. The smallest absolute Gasteiger partial charge is 0.416 e. The lowest BCUT2D eigenvalue weighted by Gasteiger charge is -2.24. The summed E-state index contributed by atoms with van der Waals surface area (Å²) < 4.78 is 53.5. The summed E-state index contributed by atoms with van der Waals surface area (Å²) >= 11 is 1.32. The van der Waals surface area contributed by atoms with Gasteiger partial charge in [-0.3, -0.25) is 4.79 Å². The molecule has 1 atom stereocenters. The maximum absolute atomic E-state index is 13.5. The molecule has 0 saturated carbocycles. The Bertz CT molecular complexity index is 1250. The van der Waals surface area contributed by atoms with Gasteiger partial charge in [0.1, 0.15) is 18.1 Å². The lowest BCUT2D eigenvalue weighted by Crippen LogP contribution is -2.38. The fourth-order valence-electron chi connectivity index (χ4n) is 3.90. The van der Waals surface area contributed by atoms with Crippen LogP contribution in [0.25, 0.3) is 0 Å². The molecule has 194 valence electrons. The SMILES string of the molecule is CC(C)(C)c1cn(Cc2ccco2)/c(=N/C(=O)c2cc(C(F)(F)F)ccc2OC[C@H]2CCCCN2)s1. The lowest BCUT2D eigenvalue weighted by molar-refractivity contribution is -0.137. The molecule has 3 aromatic rings. The largest absolute Gasteiger partial charge is 0.491 e. The van der Waals surface area contributed by atoms with E-state index in [9.17, 15) is 18.0 Å². The third-order valence-electron chi connectivity index (χ3n) is 5.95. The van der Waals surface area contributed by atoms with Crippen LogP contribution in [0.1, 0.15) is 66.6 Å². The number of carbonyl (C=O) groups excluding carboxylic acids is 1. The molecule has 1 amide bonds. The van der Waals surface area contributed by atoms with Gasteiger partial charge in [-0.1, -0.05) is 27.2 Å². The molecule has 6 nitrogen and oxygen atoms in total. The van der Waals surface area contributed by atoms with E-state index >= 15 is 0 Å². The first-order chi connectivity index (χ1) is 17.0. The predicted molar refractivity (Wildman–Crippen MR) is 131 cm³/mol. The topological polar surface area (TPSA) is 68.8 Å². The van der Waals surface area contributed by atoms with Crippen LogP contribution >= 0.6 is 11.3 Å². The number of rotatable bonds is 6. The normalized spacial score (nSPS) is 17.4. The van der Waals surface area contributed by atoms with Crippen LogP contribution in [0.3, 0.4) is 0 Å². The second kappa shape index (κ2) is 10.6. The summed E-state index contributed by atoms with van der Waals surface area (Å²) in [5.74, 6) is -0.0252. The number of piperidine rings is 1. The number of hydrogen-bond acceptors (Lipinski definition) is 5. The number of aromatic nitrogens is 1. The van der Waals surface area contributed by atoms with Crippen LogP contribution < -0.4 is 14.9 Å².